The molecule has 0 saturated carbocycles. The summed E-state index contributed by atoms with van der Waals surface area (Å²) in [6.07, 6.45) is 6.76. The molecule has 12 heteroatoms. The Labute approximate surface area is 184 Å². The zero-order valence-electron chi connectivity index (χ0n) is 17.1. The molecule has 29 heavy (non-hydrogen) atoms. The van der Waals surface area contributed by atoms with Crippen molar-refractivity contribution in [1.82, 2.24) is 16.0 Å². The number of amides is 3. The van der Waals surface area contributed by atoms with Gasteiger partial charge in [0.15, 0.2) is 0 Å². The molecule has 0 aliphatic carbocycles. The van der Waals surface area contributed by atoms with Crippen LogP contribution in [0.2, 0.25) is 0 Å². The molecule has 0 spiro atoms. The molecule has 3 amide bonds. The summed E-state index contributed by atoms with van der Waals surface area (Å²) in [4.78, 5) is 47.9. The maximum atomic E-state index is 12.5. The Kier molecular flexibility index (Phi) is 16.0. The molecular formula is C17H32N4O5S3. The lowest BCUT2D eigenvalue weighted by Gasteiger charge is -2.21. The van der Waals surface area contributed by atoms with E-state index in [1.165, 1.54) is 23.5 Å². The Morgan fingerprint density at radius 1 is 0.828 bits per heavy atom. The molecule has 0 aromatic rings. The van der Waals surface area contributed by atoms with Gasteiger partial charge in [0.05, 0.1) is 12.6 Å². The second-order valence-corrected chi connectivity index (χ2v) is 9.15. The molecule has 0 rings (SSSR count). The fraction of sp³-hybridized carbons (Fsp3) is 0.765. The number of hydrogen-bond acceptors (Lipinski definition) is 8. The number of carboxylic acids is 1. The predicted octanol–water partition coefficient (Wildman–Crippen LogP) is -0.257. The average molecular weight is 469 g/mol. The molecule has 168 valence electrons. The molecule has 0 heterocycles. The summed E-state index contributed by atoms with van der Waals surface area (Å²) in [6, 6.07) is -2.59. The fourth-order valence-corrected chi connectivity index (χ4v) is 3.62. The molecule has 0 aliphatic heterocycles. The minimum Gasteiger partial charge on any atom is -0.480 e. The maximum absolute atomic E-state index is 12.5. The van der Waals surface area contributed by atoms with Crippen LogP contribution in [-0.4, -0.2) is 89.5 Å². The van der Waals surface area contributed by atoms with Crippen LogP contribution in [0.5, 0.6) is 0 Å². The summed E-state index contributed by atoms with van der Waals surface area (Å²) in [7, 11) is 0. The normalized spacial score (nSPS) is 13.8. The molecule has 0 aliphatic rings. The van der Waals surface area contributed by atoms with E-state index in [-0.39, 0.29) is 13.0 Å². The highest BCUT2D eigenvalue weighted by Crippen LogP contribution is 2.05. The quantitative estimate of drug-likeness (QED) is 0.206. The SMILES string of the molecule is CSCC[C@H](NC(=O)[C@@H](CCSC)NC(=O)CNC(=O)[C@@H](N)CCSC)C(=O)O. The molecule has 9 nitrogen and oxygen atoms in total. The smallest absolute Gasteiger partial charge is 0.326 e. The number of carbonyl (C=O) groups is 4. The lowest BCUT2D eigenvalue weighted by atomic mass is 10.1. The van der Waals surface area contributed by atoms with Crippen molar-refractivity contribution in [2.75, 3.05) is 42.6 Å². The lowest BCUT2D eigenvalue weighted by molar-refractivity contribution is -0.142. The van der Waals surface area contributed by atoms with Gasteiger partial charge < -0.3 is 26.8 Å². The number of carbonyl (C=O) groups excluding carboxylic acids is 3. The fourth-order valence-electron chi connectivity index (χ4n) is 2.19. The first-order valence-electron chi connectivity index (χ1n) is 9.09. The second kappa shape index (κ2) is 16.7. The standard InChI is InChI=1S/C17H32N4O5S3/c1-27-7-4-11(18)15(23)19-10-14(22)20-12(5-8-28-2)16(24)21-13(17(25)26)6-9-29-3/h11-13H,4-10,18H2,1-3H3,(H,19,23)(H,20,22)(H,21,24)(H,25,26)/t11-,12+,13-/m0/s1. The highest BCUT2D eigenvalue weighted by Gasteiger charge is 2.26. The van der Waals surface area contributed by atoms with Crippen LogP contribution < -0.4 is 21.7 Å². The van der Waals surface area contributed by atoms with Gasteiger partial charge >= 0.3 is 5.97 Å². The zero-order chi connectivity index (χ0) is 22.2. The van der Waals surface area contributed by atoms with Gasteiger partial charge in [-0.15, -0.1) is 0 Å². The number of carboxylic acid groups (broad SMARTS) is 1. The van der Waals surface area contributed by atoms with Crippen LogP contribution in [0, 0.1) is 0 Å². The molecule has 0 radical (unpaired) electrons. The summed E-state index contributed by atoms with van der Waals surface area (Å²) in [5.74, 6) is -0.707. The van der Waals surface area contributed by atoms with Gasteiger partial charge in [0.2, 0.25) is 17.7 Å². The minimum atomic E-state index is -1.12. The highest BCUT2D eigenvalue weighted by molar-refractivity contribution is 7.98. The first-order valence-corrected chi connectivity index (χ1v) is 13.3. The van der Waals surface area contributed by atoms with Crippen LogP contribution in [0.3, 0.4) is 0 Å². The average Bonchev–Trinajstić information content (AvgIpc) is 2.69. The van der Waals surface area contributed by atoms with Crippen molar-refractivity contribution >= 4 is 59.0 Å². The van der Waals surface area contributed by atoms with E-state index in [4.69, 9.17) is 5.73 Å². The summed E-state index contributed by atoms with van der Waals surface area (Å²) < 4.78 is 0. The van der Waals surface area contributed by atoms with Gasteiger partial charge in [-0.25, -0.2) is 4.79 Å². The number of nitrogens with two attached hydrogens (primary N) is 1. The summed E-state index contributed by atoms with van der Waals surface area (Å²) in [5.41, 5.74) is 5.75. The van der Waals surface area contributed by atoms with E-state index in [1.807, 2.05) is 18.8 Å². The zero-order valence-corrected chi connectivity index (χ0v) is 19.5. The van der Waals surface area contributed by atoms with Crippen LogP contribution >= 0.6 is 35.3 Å². The van der Waals surface area contributed by atoms with Crippen LogP contribution in [0.25, 0.3) is 0 Å². The Hall–Kier alpha value is -1.11. The van der Waals surface area contributed by atoms with E-state index in [0.717, 1.165) is 5.75 Å². The van der Waals surface area contributed by atoms with Crippen molar-refractivity contribution in [3.05, 3.63) is 0 Å². The third kappa shape index (κ3) is 12.9. The van der Waals surface area contributed by atoms with E-state index in [1.54, 1.807) is 11.8 Å². The van der Waals surface area contributed by atoms with Gasteiger partial charge in [-0.2, -0.15) is 35.3 Å². The highest BCUT2D eigenvalue weighted by atomic mass is 32.2. The molecular weight excluding hydrogens is 436 g/mol. The molecule has 0 fully saturated rings. The van der Waals surface area contributed by atoms with Gasteiger partial charge in [0.25, 0.3) is 0 Å². The number of aliphatic carboxylic acids is 1. The van der Waals surface area contributed by atoms with Crippen molar-refractivity contribution < 1.29 is 24.3 Å². The van der Waals surface area contributed by atoms with E-state index in [9.17, 15) is 24.3 Å². The van der Waals surface area contributed by atoms with Gasteiger partial charge in [-0.05, 0) is 55.3 Å². The summed E-state index contributed by atoms with van der Waals surface area (Å²) in [5, 5.41) is 16.8. The van der Waals surface area contributed by atoms with Crippen molar-refractivity contribution in [1.29, 1.82) is 0 Å². The van der Waals surface area contributed by atoms with Crippen LogP contribution in [0.15, 0.2) is 0 Å². The first kappa shape index (κ1) is 27.9. The van der Waals surface area contributed by atoms with Gasteiger partial charge in [0, 0.05) is 0 Å². The van der Waals surface area contributed by atoms with Gasteiger partial charge in [-0.3, -0.25) is 14.4 Å². The van der Waals surface area contributed by atoms with E-state index < -0.39 is 41.8 Å². The molecule has 0 bridgehead atoms. The van der Waals surface area contributed by atoms with Crippen LogP contribution in [-0.2, 0) is 19.2 Å². The van der Waals surface area contributed by atoms with E-state index in [0.29, 0.717) is 24.3 Å². The van der Waals surface area contributed by atoms with Gasteiger partial charge in [0.1, 0.15) is 12.1 Å². The van der Waals surface area contributed by atoms with Crippen molar-refractivity contribution in [2.24, 2.45) is 5.73 Å². The second-order valence-electron chi connectivity index (χ2n) is 6.19. The van der Waals surface area contributed by atoms with Crippen molar-refractivity contribution in [3.63, 3.8) is 0 Å². The third-order valence-corrected chi connectivity index (χ3v) is 5.81. The Bertz CT molecular complexity index is 539. The summed E-state index contributed by atoms with van der Waals surface area (Å²) >= 11 is 4.56. The Balaban J connectivity index is 4.75. The molecule has 3 atom stereocenters. The maximum Gasteiger partial charge on any atom is 0.326 e. The minimum absolute atomic E-state index is 0.287. The Morgan fingerprint density at radius 3 is 1.86 bits per heavy atom. The monoisotopic (exact) mass is 468 g/mol. The van der Waals surface area contributed by atoms with Crippen molar-refractivity contribution in [2.45, 2.75) is 37.4 Å². The van der Waals surface area contributed by atoms with E-state index >= 15 is 0 Å². The number of thioether (sulfide) groups is 3. The van der Waals surface area contributed by atoms with Crippen LogP contribution in [0.4, 0.5) is 0 Å². The molecule has 0 unspecified atom stereocenters. The van der Waals surface area contributed by atoms with Crippen LogP contribution in [0.1, 0.15) is 19.3 Å². The molecule has 6 N–H and O–H groups in total. The number of hydrogen-bond donors (Lipinski definition) is 5. The molecule has 0 aromatic heterocycles. The van der Waals surface area contributed by atoms with E-state index in [2.05, 4.69) is 16.0 Å². The van der Waals surface area contributed by atoms with Gasteiger partial charge in [-0.1, -0.05) is 0 Å². The third-order valence-electron chi connectivity index (χ3n) is 3.88. The largest absolute Gasteiger partial charge is 0.480 e. The molecule has 0 aromatic carbocycles. The molecule has 0 saturated heterocycles. The topological polar surface area (TPSA) is 151 Å². The summed E-state index contributed by atoms with van der Waals surface area (Å²) in [6.45, 7) is -0.302. The number of nitrogens with one attached hydrogen (secondary N) is 3. The lowest BCUT2D eigenvalue weighted by Crippen LogP contribution is -2.54. The number of rotatable bonds is 16. The Morgan fingerprint density at radius 2 is 1.34 bits per heavy atom. The predicted molar refractivity (Wildman–Crippen MR) is 121 cm³/mol. The van der Waals surface area contributed by atoms with Crippen molar-refractivity contribution in [3.8, 4) is 0 Å². The first-order chi connectivity index (χ1) is 13.8.